The molecular formula is C24H28N4O4. The highest BCUT2D eigenvalue weighted by Gasteiger charge is 2.32. The van der Waals surface area contributed by atoms with Crippen molar-refractivity contribution in [3.8, 4) is 0 Å². The first-order chi connectivity index (χ1) is 15.2. The predicted octanol–water partition coefficient (Wildman–Crippen LogP) is 1.46. The van der Waals surface area contributed by atoms with Crippen LogP contribution in [0.5, 0.6) is 0 Å². The van der Waals surface area contributed by atoms with E-state index < -0.39 is 36.0 Å². The molecule has 1 aliphatic rings. The Morgan fingerprint density at radius 1 is 1.00 bits per heavy atom. The molecule has 0 spiro atoms. The summed E-state index contributed by atoms with van der Waals surface area (Å²) in [7, 11) is 1.63. The van der Waals surface area contributed by atoms with Crippen LogP contribution in [-0.2, 0) is 14.4 Å². The molecule has 3 N–H and O–H groups in total. The minimum Gasteiger partial charge on any atom is -0.383 e. The molecule has 0 fully saturated rings. The van der Waals surface area contributed by atoms with Crippen LogP contribution in [0.3, 0.4) is 0 Å². The standard InChI is InChI=1S/C24H28N4O4/c1-14(2)20(29)23(31)25-15(3)22(30)27-21-24(32)28(4)18-13-9-8-12-17(18)19(26-21)16-10-6-5-7-11-16/h5-15,20-21,29H,1-4H3,(H,25,31)(H,27,30)/t15-,20?,21?/m0/s1. The maximum absolute atomic E-state index is 13.1. The fourth-order valence-electron chi connectivity index (χ4n) is 3.37. The molecule has 0 saturated carbocycles. The first-order valence-corrected chi connectivity index (χ1v) is 10.5. The first-order valence-electron chi connectivity index (χ1n) is 10.5. The summed E-state index contributed by atoms with van der Waals surface area (Å²) >= 11 is 0. The molecule has 2 unspecified atom stereocenters. The summed E-state index contributed by atoms with van der Waals surface area (Å²) in [6, 6.07) is 15.9. The van der Waals surface area contributed by atoms with Crippen LogP contribution < -0.4 is 15.5 Å². The zero-order valence-corrected chi connectivity index (χ0v) is 18.6. The van der Waals surface area contributed by atoms with Crippen molar-refractivity contribution in [1.82, 2.24) is 10.6 Å². The molecular weight excluding hydrogens is 408 g/mol. The number of likely N-dealkylation sites (N-methyl/N-ethyl adjacent to an activating group) is 1. The second-order valence-electron chi connectivity index (χ2n) is 8.09. The minimum absolute atomic E-state index is 0.293. The highest BCUT2D eigenvalue weighted by molar-refractivity contribution is 6.20. The number of aliphatic hydroxyl groups excluding tert-OH is 1. The number of rotatable bonds is 6. The van der Waals surface area contributed by atoms with Gasteiger partial charge in [-0.1, -0.05) is 62.4 Å². The third-order valence-electron chi connectivity index (χ3n) is 5.32. The molecule has 32 heavy (non-hydrogen) atoms. The van der Waals surface area contributed by atoms with E-state index in [1.807, 2.05) is 54.6 Å². The van der Waals surface area contributed by atoms with Crippen molar-refractivity contribution in [2.75, 3.05) is 11.9 Å². The molecule has 3 amide bonds. The van der Waals surface area contributed by atoms with Gasteiger partial charge in [0.15, 0.2) is 0 Å². The quantitative estimate of drug-likeness (QED) is 0.637. The smallest absolute Gasteiger partial charge is 0.272 e. The zero-order chi connectivity index (χ0) is 23.4. The number of benzene rings is 2. The highest BCUT2D eigenvalue weighted by Crippen LogP contribution is 2.27. The van der Waals surface area contributed by atoms with Crippen LogP contribution in [0.2, 0.25) is 0 Å². The number of carbonyl (C=O) groups excluding carboxylic acids is 3. The Hall–Kier alpha value is -3.52. The number of nitrogens with one attached hydrogen (secondary N) is 2. The lowest BCUT2D eigenvalue weighted by atomic mass is 10.0. The lowest BCUT2D eigenvalue weighted by Crippen LogP contribution is -2.53. The van der Waals surface area contributed by atoms with Crippen molar-refractivity contribution >= 4 is 29.1 Å². The molecule has 8 heteroatoms. The van der Waals surface area contributed by atoms with Crippen molar-refractivity contribution < 1.29 is 19.5 Å². The van der Waals surface area contributed by atoms with Crippen LogP contribution in [-0.4, -0.2) is 53.9 Å². The second kappa shape index (κ2) is 9.74. The summed E-state index contributed by atoms with van der Waals surface area (Å²) in [5.74, 6) is -1.92. The number of aliphatic hydroxyl groups is 1. The fraction of sp³-hybridized carbons (Fsp3) is 0.333. The molecule has 0 aliphatic carbocycles. The number of benzodiazepines with no additional fused rings is 1. The molecule has 0 saturated heterocycles. The number of anilines is 1. The van der Waals surface area contributed by atoms with Crippen LogP contribution in [0.1, 0.15) is 31.9 Å². The van der Waals surface area contributed by atoms with Gasteiger partial charge in [-0.2, -0.15) is 0 Å². The van der Waals surface area contributed by atoms with Crippen LogP contribution >= 0.6 is 0 Å². The summed E-state index contributed by atoms with van der Waals surface area (Å²) in [6.45, 7) is 4.89. The maximum Gasteiger partial charge on any atom is 0.272 e. The summed E-state index contributed by atoms with van der Waals surface area (Å²) in [5.41, 5.74) is 2.84. The third-order valence-corrected chi connectivity index (χ3v) is 5.32. The van der Waals surface area contributed by atoms with Crippen LogP contribution in [0.15, 0.2) is 59.6 Å². The van der Waals surface area contributed by atoms with Crippen LogP contribution in [0, 0.1) is 5.92 Å². The number of para-hydroxylation sites is 1. The van der Waals surface area contributed by atoms with E-state index in [0.717, 1.165) is 11.1 Å². The lowest BCUT2D eigenvalue weighted by molar-refractivity contribution is -0.135. The Labute approximate surface area is 187 Å². The summed E-state index contributed by atoms with van der Waals surface area (Å²) in [4.78, 5) is 44.1. The van der Waals surface area contributed by atoms with Gasteiger partial charge in [-0.3, -0.25) is 14.4 Å². The fourth-order valence-corrected chi connectivity index (χ4v) is 3.37. The minimum atomic E-state index is -1.23. The average Bonchev–Trinajstić information content (AvgIpc) is 2.89. The van der Waals surface area contributed by atoms with Gasteiger partial charge in [0.2, 0.25) is 18.0 Å². The van der Waals surface area contributed by atoms with Gasteiger partial charge in [0.05, 0.1) is 11.4 Å². The van der Waals surface area contributed by atoms with Gasteiger partial charge >= 0.3 is 0 Å². The number of carbonyl (C=O) groups is 3. The van der Waals surface area contributed by atoms with Crippen molar-refractivity contribution in [1.29, 1.82) is 0 Å². The Morgan fingerprint density at radius 2 is 1.62 bits per heavy atom. The molecule has 0 bridgehead atoms. The predicted molar refractivity (Wildman–Crippen MR) is 122 cm³/mol. The first kappa shape index (κ1) is 23.1. The van der Waals surface area contributed by atoms with Crippen LogP contribution in [0.25, 0.3) is 0 Å². The van der Waals surface area contributed by atoms with Gasteiger partial charge in [0.25, 0.3) is 5.91 Å². The number of aliphatic imine (C=N–C) groups is 1. The van der Waals surface area contributed by atoms with Crippen molar-refractivity contribution in [2.45, 2.75) is 39.1 Å². The number of fused-ring (bicyclic) bond motifs is 1. The average molecular weight is 437 g/mol. The molecule has 3 rings (SSSR count). The third kappa shape index (κ3) is 4.86. The summed E-state index contributed by atoms with van der Waals surface area (Å²) in [5, 5.41) is 15.0. The van der Waals surface area contributed by atoms with Gasteiger partial charge in [-0.05, 0) is 18.9 Å². The molecule has 2 aromatic carbocycles. The van der Waals surface area contributed by atoms with Gasteiger partial charge in [0.1, 0.15) is 12.1 Å². The maximum atomic E-state index is 13.1. The van der Waals surface area contributed by atoms with E-state index in [1.165, 1.54) is 11.8 Å². The van der Waals surface area contributed by atoms with Gasteiger partial charge in [-0.25, -0.2) is 4.99 Å². The topological polar surface area (TPSA) is 111 Å². The summed E-state index contributed by atoms with van der Waals surface area (Å²) in [6.07, 6.45) is -2.41. The second-order valence-corrected chi connectivity index (χ2v) is 8.09. The molecule has 1 aliphatic heterocycles. The largest absolute Gasteiger partial charge is 0.383 e. The van der Waals surface area contributed by atoms with Crippen LogP contribution in [0.4, 0.5) is 5.69 Å². The molecule has 2 aromatic rings. The molecule has 0 radical (unpaired) electrons. The molecule has 168 valence electrons. The molecule has 1 heterocycles. The van der Waals surface area contributed by atoms with E-state index in [-0.39, 0.29) is 5.92 Å². The van der Waals surface area contributed by atoms with Crippen molar-refractivity contribution in [3.63, 3.8) is 0 Å². The van der Waals surface area contributed by atoms with E-state index in [1.54, 1.807) is 20.9 Å². The summed E-state index contributed by atoms with van der Waals surface area (Å²) < 4.78 is 0. The Balaban J connectivity index is 1.90. The van der Waals surface area contributed by atoms with Gasteiger partial charge in [0, 0.05) is 18.2 Å². The zero-order valence-electron chi connectivity index (χ0n) is 18.6. The number of nitrogens with zero attached hydrogens (tertiary/aromatic N) is 2. The van der Waals surface area contributed by atoms with E-state index in [2.05, 4.69) is 15.6 Å². The number of hydrogen-bond donors (Lipinski definition) is 3. The van der Waals surface area contributed by atoms with E-state index in [9.17, 15) is 19.5 Å². The Bertz CT molecular complexity index is 1040. The SMILES string of the molecule is CC(C)C(O)C(=O)N[C@@H](C)C(=O)NC1N=C(c2ccccc2)c2ccccc2N(C)C1=O. The lowest BCUT2D eigenvalue weighted by Gasteiger charge is -2.23. The number of hydrogen-bond acceptors (Lipinski definition) is 5. The Kier molecular flexibility index (Phi) is 7.05. The van der Waals surface area contributed by atoms with Crippen molar-refractivity contribution in [2.24, 2.45) is 10.9 Å². The van der Waals surface area contributed by atoms with Crippen molar-refractivity contribution in [3.05, 3.63) is 65.7 Å². The van der Waals surface area contributed by atoms with E-state index in [0.29, 0.717) is 11.4 Å². The molecule has 8 nitrogen and oxygen atoms in total. The monoisotopic (exact) mass is 436 g/mol. The van der Waals surface area contributed by atoms with E-state index in [4.69, 9.17) is 0 Å². The Morgan fingerprint density at radius 3 is 2.28 bits per heavy atom. The molecule has 3 atom stereocenters. The van der Waals surface area contributed by atoms with Gasteiger partial charge < -0.3 is 20.6 Å². The van der Waals surface area contributed by atoms with E-state index >= 15 is 0 Å². The normalized spacial score (nSPS) is 17.7. The highest BCUT2D eigenvalue weighted by atomic mass is 16.3. The van der Waals surface area contributed by atoms with Gasteiger partial charge in [-0.15, -0.1) is 0 Å². The molecule has 0 aromatic heterocycles. The number of amides is 3.